The largest absolute Gasteiger partial charge is 0.465 e. The first kappa shape index (κ1) is 15.0. The summed E-state index contributed by atoms with van der Waals surface area (Å²) in [5.74, 6) is -0.228. The molecule has 0 spiro atoms. The van der Waals surface area contributed by atoms with E-state index in [1.807, 2.05) is 25.9 Å². The minimum Gasteiger partial charge on any atom is -0.465 e. The van der Waals surface area contributed by atoms with E-state index in [4.69, 9.17) is 16.3 Å². The van der Waals surface area contributed by atoms with Crippen LogP contribution in [0, 0.1) is 0 Å². The molecule has 0 N–H and O–H groups in total. The third-order valence-electron chi connectivity index (χ3n) is 2.63. The zero-order valence-electron chi connectivity index (χ0n) is 11.4. The van der Waals surface area contributed by atoms with Gasteiger partial charge >= 0.3 is 5.97 Å². The van der Waals surface area contributed by atoms with Gasteiger partial charge in [0.2, 0.25) is 0 Å². The lowest BCUT2D eigenvalue weighted by Crippen LogP contribution is -2.28. The van der Waals surface area contributed by atoms with Crippen LogP contribution < -0.4 is 0 Å². The summed E-state index contributed by atoms with van der Waals surface area (Å²) in [5, 5.41) is 5.03. The fourth-order valence-corrected chi connectivity index (χ4v) is 2.08. The highest BCUT2D eigenvalue weighted by Gasteiger charge is 2.16. The molecule has 1 rings (SSSR count). The molecular weight excluding hydrogens is 254 g/mol. The summed E-state index contributed by atoms with van der Waals surface area (Å²) in [6.07, 6.45) is 0.800. The van der Waals surface area contributed by atoms with Crippen molar-refractivity contribution < 1.29 is 9.53 Å². The number of carbonyl (C=O) groups is 1. The molecule has 0 aliphatic carbocycles. The first-order valence-corrected chi connectivity index (χ1v) is 6.41. The number of nitrogens with zero attached hydrogens (tertiary/aromatic N) is 3. The molecule has 0 amide bonds. The number of carbonyl (C=O) groups excluding carboxylic acids is 1. The fraction of sp³-hybridized carbons (Fsp3) is 0.667. The van der Waals surface area contributed by atoms with Crippen LogP contribution in [-0.2, 0) is 29.5 Å². The second-order valence-corrected chi connectivity index (χ2v) is 4.54. The minimum absolute atomic E-state index is 0.228. The van der Waals surface area contributed by atoms with Crippen LogP contribution in [0.4, 0.5) is 0 Å². The van der Waals surface area contributed by atoms with Crippen molar-refractivity contribution in [2.75, 3.05) is 20.2 Å². The number of aromatic nitrogens is 2. The molecule has 102 valence electrons. The van der Waals surface area contributed by atoms with Crippen molar-refractivity contribution in [2.45, 2.75) is 26.8 Å². The average Bonchev–Trinajstić information content (AvgIpc) is 2.56. The number of aryl methyl sites for hydroxylation is 2. The van der Waals surface area contributed by atoms with Crippen molar-refractivity contribution in [3.05, 3.63) is 16.4 Å². The Bertz CT molecular complexity index is 418. The Morgan fingerprint density at radius 2 is 2.17 bits per heavy atom. The van der Waals surface area contributed by atoms with E-state index in [2.05, 4.69) is 5.10 Å². The van der Waals surface area contributed by atoms with Crippen molar-refractivity contribution in [3.63, 3.8) is 0 Å². The molecule has 0 radical (unpaired) electrons. The summed E-state index contributed by atoms with van der Waals surface area (Å²) in [5.41, 5.74) is 1.80. The Hall–Kier alpha value is -1.07. The van der Waals surface area contributed by atoms with Gasteiger partial charge in [-0.05, 0) is 20.4 Å². The molecule has 1 heterocycles. The highest BCUT2D eigenvalue weighted by atomic mass is 35.5. The Kier molecular flexibility index (Phi) is 5.62. The monoisotopic (exact) mass is 273 g/mol. The smallest absolute Gasteiger partial charge is 0.320 e. The van der Waals surface area contributed by atoms with Crippen molar-refractivity contribution in [1.29, 1.82) is 0 Å². The van der Waals surface area contributed by atoms with Crippen LogP contribution in [0.25, 0.3) is 0 Å². The predicted molar refractivity (Wildman–Crippen MR) is 70.6 cm³/mol. The highest BCUT2D eigenvalue weighted by Crippen LogP contribution is 2.21. The fourth-order valence-electron chi connectivity index (χ4n) is 1.73. The molecular formula is C12H20ClN3O2. The number of halogens is 1. The number of likely N-dealkylation sites (N-methyl/N-ethyl adjacent to an activating group) is 1. The number of hydrogen-bond donors (Lipinski definition) is 0. The maximum atomic E-state index is 11.4. The van der Waals surface area contributed by atoms with Gasteiger partial charge in [0.05, 0.1) is 29.6 Å². The lowest BCUT2D eigenvalue weighted by atomic mass is 10.3. The molecule has 0 bridgehead atoms. The molecule has 6 heteroatoms. The second kappa shape index (κ2) is 6.75. The minimum atomic E-state index is -0.228. The van der Waals surface area contributed by atoms with Gasteiger partial charge in [0.25, 0.3) is 0 Å². The third kappa shape index (κ3) is 3.71. The van der Waals surface area contributed by atoms with E-state index >= 15 is 0 Å². The van der Waals surface area contributed by atoms with Gasteiger partial charge in [-0.15, -0.1) is 0 Å². The van der Waals surface area contributed by atoms with E-state index in [0.717, 1.165) is 17.8 Å². The Labute approximate surface area is 113 Å². The molecule has 5 nitrogen and oxygen atoms in total. The van der Waals surface area contributed by atoms with Gasteiger partial charge in [0, 0.05) is 13.6 Å². The van der Waals surface area contributed by atoms with E-state index in [0.29, 0.717) is 18.2 Å². The van der Waals surface area contributed by atoms with Crippen LogP contribution in [-0.4, -0.2) is 40.8 Å². The predicted octanol–water partition coefficient (Wildman–Crippen LogP) is 1.63. The molecule has 0 unspecified atom stereocenters. The van der Waals surface area contributed by atoms with Crippen LogP contribution >= 0.6 is 11.6 Å². The number of rotatable bonds is 6. The summed E-state index contributed by atoms with van der Waals surface area (Å²) in [7, 11) is 3.71. The molecule has 18 heavy (non-hydrogen) atoms. The molecule has 0 aliphatic heterocycles. The van der Waals surface area contributed by atoms with Crippen LogP contribution in [0.5, 0.6) is 0 Å². The molecule has 0 saturated heterocycles. The van der Waals surface area contributed by atoms with Crippen LogP contribution in [0.15, 0.2) is 0 Å². The molecule has 1 aromatic rings. The molecule has 0 aromatic carbocycles. The third-order valence-corrected chi connectivity index (χ3v) is 3.06. The van der Waals surface area contributed by atoms with Gasteiger partial charge in [-0.25, -0.2) is 0 Å². The van der Waals surface area contributed by atoms with E-state index in [9.17, 15) is 4.79 Å². The van der Waals surface area contributed by atoms with Gasteiger partial charge in [-0.1, -0.05) is 18.5 Å². The van der Waals surface area contributed by atoms with Crippen molar-refractivity contribution in [2.24, 2.45) is 7.05 Å². The SMILES string of the molecule is CCOC(=O)CN(C)Cc1c(Cl)c(CC)nn1C. The Balaban J connectivity index is 2.67. The van der Waals surface area contributed by atoms with Crippen molar-refractivity contribution >= 4 is 17.6 Å². The highest BCUT2D eigenvalue weighted by molar-refractivity contribution is 6.31. The lowest BCUT2D eigenvalue weighted by Gasteiger charge is -2.15. The zero-order chi connectivity index (χ0) is 13.7. The maximum Gasteiger partial charge on any atom is 0.320 e. The van der Waals surface area contributed by atoms with E-state index in [1.165, 1.54) is 0 Å². The van der Waals surface area contributed by atoms with Gasteiger partial charge in [-0.2, -0.15) is 5.10 Å². The summed E-state index contributed by atoms with van der Waals surface area (Å²) >= 11 is 6.25. The molecule has 0 fully saturated rings. The summed E-state index contributed by atoms with van der Waals surface area (Å²) < 4.78 is 6.67. The molecule has 0 aliphatic rings. The van der Waals surface area contributed by atoms with Gasteiger partial charge in [0.15, 0.2) is 0 Å². The van der Waals surface area contributed by atoms with Gasteiger partial charge in [-0.3, -0.25) is 14.4 Å². The quantitative estimate of drug-likeness (QED) is 0.739. The average molecular weight is 274 g/mol. The summed E-state index contributed by atoms with van der Waals surface area (Å²) in [6, 6.07) is 0. The van der Waals surface area contributed by atoms with E-state index in [1.54, 1.807) is 11.6 Å². The Morgan fingerprint density at radius 1 is 1.50 bits per heavy atom. The standard InChI is InChI=1S/C12H20ClN3O2/c1-5-9-12(13)10(16(4)14-9)7-15(3)8-11(17)18-6-2/h5-8H2,1-4H3. The molecule has 0 saturated carbocycles. The summed E-state index contributed by atoms with van der Waals surface area (Å²) in [4.78, 5) is 13.2. The normalized spacial score (nSPS) is 11.0. The lowest BCUT2D eigenvalue weighted by molar-refractivity contribution is -0.144. The van der Waals surface area contributed by atoms with E-state index in [-0.39, 0.29) is 12.5 Å². The zero-order valence-corrected chi connectivity index (χ0v) is 12.1. The Morgan fingerprint density at radius 3 is 2.67 bits per heavy atom. The second-order valence-electron chi connectivity index (χ2n) is 4.16. The topological polar surface area (TPSA) is 47.4 Å². The number of esters is 1. The maximum absolute atomic E-state index is 11.4. The number of hydrogen-bond acceptors (Lipinski definition) is 4. The van der Waals surface area contributed by atoms with E-state index < -0.39 is 0 Å². The van der Waals surface area contributed by atoms with Gasteiger partial charge in [0.1, 0.15) is 0 Å². The molecule has 0 atom stereocenters. The van der Waals surface area contributed by atoms with Crippen LogP contribution in [0.1, 0.15) is 25.2 Å². The first-order valence-electron chi connectivity index (χ1n) is 6.03. The number of ether oxygens (including phenoxy) is 1. The van der Waals surface area contributed by atoms with Crippen molar-refractivity contribution in [1.82, 2.24) is 14.7 Å². The van der Waals surface area contributed by atoms with Crippen LogP contribution in [0.3, 0.4) is 0 Å². The first-order chi connectivity index (χ1) is 8.49. The van der Waals surface area contributed by atoms with Gasteiger partial charge < -0.3 is 4.74 Å². The van der Waals surface area contributed by atoms with Crippen LogP contribution in [0.2, 0.25) is 5.02 Å². The molecule has 1 aromatic heterocycles. The summed E-state index contributed by atoms with van der Waals surface area (Å²) in [6.45, 7) is 5.03. The van der Waals surface area contributed by atoms with Crippen molar-refractivity contribution in [3.8, 4) is 0 Å².